The first kappa shape index (κ1) is 18.5. The van der Waals surface area contributed by atoms with Crippen LogP contribution in [-0.2, 0) is 4.79 Å². The molecule has 2 aromatic carbocycles. The highest BCUT2D eigenvalue weighted by Crippen LogP contribution is 2.44. The van der Waals surface area contributed by atoms with Crippen LogP contribution < -0.4 is 25.7 Å². The quantitative estimate of drug-likeness (QED) is 0.695. The molecule has 0 spiro atoms. The third-order valence-electron chi connectivity index (χ3n) is 5.42. The molecule has 2 aromatic rings. The number of anilines is 2. The van der Waals surface area contributed by atoms with Gasteiger partial charge in [0.1, 0.15) is 18.4 Å². The number of carbonyl (C=O) groups is 1. The summed E-state index contributed by atoms with van der Waals surface area (Å²) in [5.74, 6) is 1.21. The van der Waals surface area contributed by atoms with E-state index in [2.05, 4.69) is 21.2 Å². The third-order valence-corrected chi connectivity index (χ3v) is 5.97. The standard InChI is InChI=1S/C20H19Cl2N5O2/c1-10-20(28)26-25-19-9-29-18-5-14(13-3-2-11(21)4-15(13)22)16(6-17(18)27(10)19)24-12-7-23-8-12/h2-6,10,12,23-24H,7-9H2,1H3,(H,26,28)/t10-/m1/s1. The third kappa shape index (κ3) is 3.19. The Morgan fingerprint density at radius 2 is 2.03 bits per heavy atom. The molecule has 3 heterocycles. The molecule has 3 aliphatic rings. The van der Waals surface area contributed by atoms with Crippen LogP contribution in [-0.4, -0.2) is 43.5 Å². The van der Waals surface area contributed by atoms with Gasteiger partial charge in [-0.3, -0.25) is 4.79 Å². The molecule has 3 aliphatic heterocycles. The SMILES string of the molecule is C[C@@H]1C(=O)NN=C2COc3cc(-c4ccc(Cl)cc4Cl)c(NC4CNC4)cc3N21. The second-order valence-corrected chi connectivity index (χ2v) is 8.17. The topological polar surface area (TPSA) is 78.0 Å². The minimum Gasteiger partial charge on any atom is -0.483 e. The maximum absolute atomic E-state index is 12.2. The van der Waals surface area contributed by atoms with Crippen LogP contribution in [0.2, 0.25) is 10.0 Å². The molecule has 0 bridgehead atoms. The highest BCUT2D eigenvalue weighted by molar-refractivity contribution is 6.36. The fourth-order valence-corrected chi connectivity index (χ4v) is 4.24. The fourth-order valence-electron chi connectivity index (χ4n) is 3.73. The molecule has 0 unspecified atom stereocenters. The minimum atomic E-state index is -0.381. The van der Waals surface area contributed by atoms with E-state index in [1.165, 1.54) is 0 Å². The van der Waals surface area contributed by atoms with Gasteiger partial charge < -0.3 is 20.3 Å². The van der Waals surface area contributed by atoms with Crippen LogP contribution >= 0.6 is 23.2 Å². The van der Waals surface area contributed by atoms with Gasteiger partial charge in [-0.05, 0) is 31.2 Å². The number of hydrogen-bond acceptors (Lipinski definition) is 6. The van der Waals surface area contributed by atoms with E-state index in [-0.39, 0.29) is 18.6 Å². The lowest BCUT2D eigenvalue weighted by Gasteiger charge is -2.39. The molecule has 1 fully saturated rings. The van der Waals surface area contributed by atoms with Crippen LogP contribution in [0, 0.1) is 0 Å². The smallest absolute Gasteiger partial charge is 0.262 e. The monoisotopic (exact) mass is 431 g/mol. The van der Waals surface area contributed by atoms with Crippen LogP contribution in [0.25, 0.3) is 11.1 Å². The van der Waals surface area contributed by atoms with Gasteiger partial charge in [-0.2, -0.15) is 5.10 Å². The molecule has 1 atom stereocenters. The molecular formula is C20H19Cl2N5O2. The van der Waals surface area contributed by atoms with Crippen molar-refractivity contribution in [3.8, 4) is 16.9 Å². The van der Waals surface area contributed by atoms with Gasteiger partial charge in [-0.25, -0.2) is 5.43 Å². The molecular weight excluding hydrogens is 413 g/mol. The maximum atomic E-state index is 12.2. The number of carbonyl (C=O) groups excluding carboxylic acids is 1. The molecule has 7 nitrogen and oxygen atoms in total. The molecule has 0 aliphatic carbocycles. The second-order valence-electron chi connectivity index (χ2n) is 7.33. The number of nitrogens with one attached hydrogen (secondary N) is 3. The fraction of sp³-hybridized carbons (Fsp3) is 0.300. The normalized spacial score (nSPS) is 20.7. The van der Waals surface area contributed by atoms with Crippen LogP contribution in [0.3, 0.4) is 0 Å². The van der Waals surface area contributed by atoms with Crippen molar-refractivity contribution < 1.29 is 9.53 Å². The van der Waals surface area contributed by atoms with Crippen molar-refractivity contribution in [1.29, 1.82) is 0 Å². The molecule has 150 valence electrons. The molecule has 0 saturated carbocycles. The van der Waals surface area contributed by atoms with Crippen molar-refractivity contribution >= 4 is 46.3 Å². The van der Waals surface area contributed by atoms with Crippen molar-refractivity contribution in [1.82, 2.24) is 10.7 Å². The summed E-state index contributed by atoms with van der Waals surface area (Å²) in [6, 6.07) is 9.37. The number of benzene rings is 2. The van der Waals surface area contributed by atoms with Crippen molar-refractivity contribution in [3.63, 3.8) is 0 Å². The van der Waals surface area contributed by atoms with Gasteiger partial charge in [-0.15, -0.1) is 0 Å². The van der Waals surface area contributed by atoms with Gasteiger partial charge in [0.15, 0.2) is 5.84 Å². The number of amidine groups is 1. The van der Waals surface area contributed by atoms with E-state index < -0.39 is 0 Å². The number of hydrogen-bond donors (Lipinski definition) is 3. The average molecular weight is 432 g/mol. The zero-order valence-corrected chi connectivity index (χ0v) is 17.1. The number of hydrazone groups is 1. The van der Waals surface area contributed by atoms with Crippen LogP contribution in [0.15, 0.2) is 35.4 Å². The zero-order chi connectivity index (χ0) is 20.1. The lowest BCUT2D eigenvalue weighted by atomic mass is 9.99. The zero-order valence-electron chi connectivity index (χ0n) is 15.6. The first-order chi connectivity index (χ1) is 14.0. The molecule has 3 N–H and O–H groups in total. The molecule has 9 heteroatoms. The summed E-state index contributed by atoms with van der Waals surface area (Å²) in [4.78, 5) is 14.1. The van der Waals surface area contributed by atoms with E-state index in [4.69, 9.17) is 27.9 Å². The first-order valence-corrected chi connectivity index (χ1v) is 10.2. The van der Waals surface area contributed by atoms with Gasteiger partial charge in [0.25, 0.3) is 5.91 Å². The van der Waals surface area contributed by atoms with Crippen molar-refractivity contribution in [2.75, 3.05) is 29.9 Å². The lowest BCUT2D eigenvalue weighted by molar-refractivity contribution is -0.122. The Hall–Kier alpha value is -2.48. The number of halogens is 2. The van der Waals surface area contributed by atoms with Gasteiger partial charge in [0.2, 0.25) is 0 Å². The number of rotatable bonds is 3. The lowest BCUT2D eigenvalue weighted by Crippen LogP contribution is -2.55. The number of ether oxygens (including phenoxy) is 1. The highest BCUT2D eigenvalue weighted by Gasteiger charge is 2.36. The molecule has 0 aromatic heterocycles. The number of fused-ring (bicyclic) bond motifs is 3. The van der Waals surface area contributed by atoms with E-state index in [1.807, 2.05) is 36.1 Å². The summed E-state index contributed by atoms with van der Waals surface area (Å²) in [5.41, 5.74) is 6.06. The van der Waals surface area contributed by atoms with Gasteiger partial charge in [0.05, 0.1) is 11.7 Å². The summed E-state index contributed by atoms with van der Waals surface area (Å²) in [6.07, 6.45) is 0. The Labute approximate surface area is 178 Å². The summed E-state index contributed by atoms with van der Waals surface area (Å²) < 4.78 is 5.97. The minimum absolute atomic E-state index is 0.149. The summed E-state index contributed by atoms with van der Waals surface area (Å²) in [5, 5.41) is 12.2. The first-order valence-electron chi connectivity index (χ1n) is 9.40. The van der Waals surface area contributed by atoms with Crippen LogP contribution in [0.1, 0.15) is 6.92 Å². The van der Waals surface area contributed by atoms with E-state index in [0.29, 0.717) is 27.7 Å². The van der Waals surface area contributed by atoms with Crippen molar-refractivity contribution in [2.24, 2.45) is 5.10 Å². The summed E-state index contributed by atoms with van der Waals surface area (Å²) in [7, 11) is 0. The number of amides is 1. The van der Waals surface area contributed by atoms with E-state index >= 15 is 0 Å². The predicted octanol–water partition coefficient (Wildman–Crippen LogP) is 3.07. The summed E-state index contributed by atoms with van der Waals surface area (Å²) >= 11 is 12.6. The Balaban J connectivity index is 1.65. The van der Waals surface area contributed by atoms with Crippen molar-refractivity contribution in [2.45, 2.75) is 19.0 Å². The van der Waals surface area contributed by atoms with Crippen molar-refractivity contribution in [3.05, 3.63) is 40.4 Å². The molecule has 1 amide bonds. The highest BCUT2D eigenvalue weighted by atomic mass is 35.5. The molecule has 1 saturated heterocycles. The molecule has 0 radical (unpaired) electrons. The Morgan fingerprint density at radius 3 is 2.76 bits per heavy atom. The second kappa shape index (κ2) is 7.09. The van der Waals surface area contributed by atoms with Gasteiger partial charge in [0, 0.05) is 39.9 Å². The summed E-state index contributed by atoms with van der Waals surface area (Å²) in [6.45, 7) is 3.91. The van der Waals surface area contributed by atoms with E-state index in [1.54, 1.807) is 6.07 Å². The van der Waals surface area contributed by atoms with Gasteiger partial charge >= 0.3 is 0 Å². The Morgan fingerprint density at radius 1 is 1.21 bits per heavy atom. The average Bonchev–Trinajstić information content (AvgIpc) is 2.67. The predicted molar refractivity (Wildman–Crippen MR) is 115 cm³/mol. The molecule has 29 heavy (non-hydrogen) atoms. The number of nitrogens with zero attached hydrogens (tertiary/aromatic N) is 2. The maximum Gasteiger partial charge on any atom is 0.262 e. The largest absolute Gasteiger partial charge is 0.483 e. The van der Waals surface area contributed by atoms with Crippen LogP contribution in [0.4, 0.5) is 11.4 Å². The van der Waals surface area contributed by atoms with Crippen LogP contribution in [0.5, 0.6) is 5.75 Å². The van der Waals surface area contributed by atoms with Gasteiger partial charge in [-0.1, -0.05) is 29.3 Å². The van der Waals surface area contributed by atoms with E-state index in [9.17, 15) is 4.79 Å². The van der Waals surface area contributed by atoms with E-state index in [0.717, 1.165) is 35.6 Å². The molecule has 5 rings (SSSR count). The Bertz CT molecular complexity index is 1040. The Kier molecular flexibility index (Phi) is 4.53.